The van der Waals surface area contributed by atoms with E-state index in [2.05, 4.69) is 10.2 Å². The van der Waals surface area contributed by atoms with Gasteiger partial charge in [-0.15, -0.1) is 10.2 Å². The van der Waals surface area contributed by atoms with E-state index < -0.39 is 28.8 Å². The molecule has 0 saturated carbocycles. The number of nitrogens with one attached hydrogen (secondary N) is 2. The molecular weight excluding hydrogens is 280 g/mol. The van der Waals surface area contributed by atoms with E-state index in [1.54, 1.807) is 6.92 Å². The van der Waals surface area contributed by atoms with Gasteiger partial charge in [0, 0.05) is 0 Å². The van der Waals surface area contributed by atoms with E-state index in [1.807, 2.05) is 9.97 Å². The number of benzene rings is 1. The van der Waals surface area contributed by atoms with Crippen molar-refractivity contribution < 1.29 is 15.0 Å². The van der Waals surface area contributed by atoms with E-state index in [-0.39, 0.29) is 11.3 Å². The number of hydrogen-bond acceptors (Lipinski definition) is 6. The van der Waals surface area contributed by atoms with Gasteiger partial charge in [0.2, 0.25) is 11.6 Å². The molecule has 0 bridgehead atoms. The predicted octanol–water partition coefficient (Wildman–Crippen LogP) is 1.19. The first-order valence-electron chi connectivity index (χ1n) is 5.69. The molecule has 0 saturated heterocycles. The number of aryl methyl sites for hydroxylation is 1. The number of carboxylic acids is 1. The highest BCUT2D eigenvalue weighted by Gasteiger charge is 2.09. The van der Waals surface area contributed by atoms with Crippen LogP contribution in [0.25, 0.3) is 0 Å². The predicted molar refractivity (Wildman–Crippen MR) is 71.7 cm³/mol. The SMILES string of the molecule is Cc1ccc(C(=O)O)cc1N=Nc1c(O)[nH]c(=O)[nH]c1=O. The first kappa shape index (κ1) is 14.2. The summed E-state index contributed by atoms with van der Waals surface area (Å²) in [6.07, 6.45) is 0. The maximum atomic E-state index is 11.5. The van der Waals surface area contributed by atoms with E-state index in [4.69, 9.17) is 5.11 Å². The normalized spacial score (nSPS) is 10.9. The monoisotopic (exact) mass is 290 g/mol. The number of aromatic amines is 2. The molecule has 0 atom stereocenters. The third-order valence-electron chi connectivity index (χ3n) is 2.61. The molecule has 21 heavy (non-hydrogen) atoms. The molecule has 0 unspecified atom stereocenters. The number of aromatic hydroxyl groups is 1. The van der Waals surface area contributed by atoms with Crippen LogP contribution in [-0.4, -0.2) is 26.2 Å². The summed E-state index contributed by atoms with van der Waals surface area (Å²) < 4.78 is 0. The molecule has 0 aliphatic rings. The van der Waals surface area contributed by atoms with Crippen LogP contribution in [0, 0.1) is 6.92 Å². The lowest BCUT2D eigenvalue weighted by atomic mass is 10.1. The minimum Gasteiger partial charge on any atom is -0.493 e. The van der Waals surface area contributed by atoms with E-state index in [0.29, 0.717) is 5.56 Å². The molecule has 0 aliphatic carbocycles. The molecule has 0 amide bonds. The summed E-state index contributed by atoms with van der Waals surface area (Å²) in [5.41, 5.74) is -1.40. The van der Waals surface area contributed by atoms with Crippen molar-refractivity contribution >= 4 is 17.3 Å². The van der Waals surface area contributed by atoms with Crippen molar-refractivity contribution in [2.45, 2.75) is 6.92 Å². The van der Waals surface area contributed by atoms with Gasteiger partial charge in [-0.2, -0.15) is 0 Å². The van der Waals surface area contributed by atoms with Crippen molar-refractivity contribution in [2.75, 3.05) is 0 Å². The summed E-state index contributed by atoms with van der Waals surface area (Å²) in [7, 11) is 0. The highest BCUT2D eigenvalue weighted by atomic mass is 16.4. The van der Waals surface area contributed by atoms with Crippen molar-refractivity contribution in [1.29, 1.82) is 0 Å². The van der Waals surface area contributed by atoms with Crippen LogP contribution in [0.15, 0.2) is 38.0 Å². The number of azo groups is 1. The number of carbonyl (C=O) groups is 1. The average Bonchev–Trinajstić information content (AvgIpc) is 2.39. The van der Waals surface area contributed by atoms with Crippen molar-refractivity contribution in [1.82, 2.24) is 9.97 Å². The van der Waals surface area contributed by atoms with Crippen LogP contribution >= 0.6 is 0 Å². The van der Waals surface area contributed by atoms with Gasteiger partial charge < -0.3 is 10.2 Å². The maximum absolute atomic E-state index is 11.5. The van der Waals surface area contributed by atoms with Crippen LogP contribution in [-0.2, 0) is 0 Å². The number of rotatable bonds is 3. The molecule has 1 heterocycles. The van der Waals surface area contributed by atoms with Crippen molar-refractivity contribution in [3.8, 4) is 5.88 Å². The zero-order chi connectivity index (χ0) is 15.6. The van der Waals surface area contributed by atoms with Crippen molar-refractivity contribution in [3.63, 3.8) is 0 Å². The first-order valence-corrected chi connectivity index (χ1v) is 5.69. The Bertz CT molecular complexity index is 849. The lowest BCUT2D eigenvalue weighted by molar-refractivity contribution is 0.0697. The number of hydrogen-bond donors (Lipinski definition) is 4. The largest absolute Gasteiger partial charge is 0.493 e. The topological polar surface area (TPSA) is 148 Å². The molecule has 2 aromatic rings. The minimum atomic E-state index is -1.13. The van der Waals surface area contributed by atoms with Gasteiger partial charge in [-0.25, -0.2) is 9.59 Å². The molecule has 9 nitrogen and oxygen atoms in total. The quantitative estimate of drug-likeness (QED) is 0.626. The molecule has 9 heteroatoms. The van der Waals surface area contributed by atoms with Gasteiger partial charge >= 0.3 is 11.7 Å². The zero-order valence-corrected chi connectivity index (χ0v) is 10.7. The van der Waals surface area contributed by atoms with Crippen molar-refractivity contribution in [3.05, 3.63) is 50.2 Å². The second kappa shape index (κ2) is 5.41. The van der Waals surface area contributed by atoms with E-state index in [1.165, 1.54) is 18.2 Å². The van der Waals surface area contributed by atoms with Crippen LogP contribution in [0.2, 0.25) is 0 Å². The lowest BCUT2D eigenvalue weighted by Crippen LogP contribution is -2.20. The Morgan fingerprint density at radius 1 is 1.19 bits per heavy atom. The number of aromatic nitrogens is 2. The van der Waals surface area contributed by atoms with Crippen molar-refractivity contribution in [2.24, 2.45) is 10.2 Å². The molecule has 1 aromatic carbocycles. The van der Waals surface area contributed by atoms with Gasteiger partial charge in [-0.1, -0.05) is 6.07 Å². The lowest BCUT2D eigenvalue weighted by Gasteiger charge is -2.01. The molecule has 0 spiro atoms. The second-order valence-electron chi connectivity index (χ2n) is 4.11. The molecule has 2 rings (SSSR count). The number of nitrogens with zero attached hydrogens (tertiary/aromatic N) is 2. The zero-order valence-electron chi connectivity index (χ0n) is 10.7. The van der Waals surface area contributed by atoms with Gasteiger partial charge in [0.25, 0.3) is 5.56 Å². The molecule has 0 radical (unpaired) electrons. The maximum Gasteiger partial charge on any atom is 0.335 e. The second-order valence-corrected chi connectivity index (χ2v) is 4.11. The summed E-state index contributed by atoms with van der Waals surface area (Å²) in [6, 6.07) is 4.22. The molecule has 108 valence electrons. The van der Waals surface area contributed by atoms with Crippen LogP contribution in [0.5, 0.6) is 5.88 Å². The van der Waals surface area contributed by atoms with Crippen LogP contribution in [0.4, 0.5) is 11.4 Å². The highest BCUT2D eigenvalue weighted by molar-refractivity contribution is 5.88. The molecule has 1 aromatic heterocycles. The molecule has 0 aliphatic heterocycles. The van der Waals surface area contributed by atoms with E-state index in [0.717, 1.165) is 0 Å². The van der Waals surface area contributed by atoms with Gasteiger partial charge in [-0.3, -0.25) is 14.8 Å². The Morgan fingerprint density at radius 3 is 2.52 bits per heavy atom. The van der Waals surface area contributed by atoms with Crippen LogP contribution in [0.1, 0.15) is 15.9 Å². The number of aromatic carboxylic acids is 1. The van der Waals surface area contributed by atoms with Crippen LogP contribution in [0.3, 0.4) is 0 Å². The van der Waals surface area contributed by atoms with Gasteiger partial charge in [-0.05, 0) is 24.6 Å². The Morgan fingerprint density at radius 2 is 1.90 bits per heavy atom. The van der Waals surface area contributed by atoms with Crippen LogP contribution < -0.4 is 11.2 Å². The standard InChI is InChI=1S/C12H10N4O5/c1-5-2-3-6(11(19)20)4-7(5)15-16-8-9(17)13-12(21)14-10(8)18/h2-4H,1H3,(H,19,20)(H3,13,14,17,18,21). The molecular formula is C12H10N4O5. The van der Waals surface area contributed by atoms with Gasteiger partial charge in [0.15, 0.2) is 0 Å². The summed E-state index contributed by atoms with van der Waals surface area (Å²) in [5.74, 6) is -1.85. The minimum absolute atomic E-state index is 0.00847. The summed E-state index contributed by atoms with van der Waals surface area (Å²) in [4.78, 5) is 37.1. The fourth-order valence-corrected chi connectivity index (χ4v) is 1.51. The Kier molecular flexibility index (Phi) is 3.65. The first-order chi connectivity index (χ1) is 9.88. The number of carboxylic acid groups (broad SMARTS) is 1. The Hall–Kier alpha value is -3.23. The van der Waals surface area contributed by atoms with E-state index >= 15 is 0 Å². The summed E-state index contributed by atoms with van der Waals surface area (Å²) >= 11 is 0. The van der Waals surface area contributed by atoms with Gasteiger partial charge in [0.1, 0.15) is 0 Å². The molecule has 0 fully saturated rings. The summed E-state index contributed by atoms with van der Waals surface area (Å²) in [5, 5.41) is 25.6. The Labute approximate surface area is 116 Å². The molecule has 4 N–H and O–H groups in total. The Balaban J connectivity index is 2.47. The average molecular weight is 290 g/mol. The van der Waals surface area contributed by atoms with E-state index in [9.17, 15) is 19.5 Å². The smallest absolute Gasteiger partial charge is 0.335 e. The van der Waals surface area contributed by atoms with Gasteiger partial charge in [0.05, 0.1) is 11.3 Å². The number of H-pyrrole nitrogens is 2. The fraction of sp³-hybridized carbons (Fsp3) is 0.0833. The summed E-state index contributed by atoms with van der Waals surface area (Å²) in [6.45, 7) is 1.68. The third-order valence-corrected chi connectivity index (χ3v) is 2.61. The fourth-order valence-electron chi connectivity index (χ4n) is 1.51. The highest BCUT2D eigenvalue weighted by Crippen LogP contribution is 2.24. The third kappa shape index (κ3) is 3.03.